The molecule has 0 aliphatic heterocycles. The molecule has 0 saturated heterocycles. The van der Waals surface area contributed by atoms with Crippen LogP contribution in [0.5, 0.6) is 0 Å². The number of aromatic nitrogens is 2. The lowest BCUT2D eigenvalue weighted by atomic mass is 10.1. The van der Waals surface area contributed by atoms with Gasteiger partial charge >= 0.3 is 0 Å². The summed E-state index contributed by atoms with van der Waals surface area (Å²) < 4.78 is 26.3. The highest BCUT2D eigenvalue weighted by molar-refractivity contribution is 7.88. The standard InChI is InChI=1S/C14H20N4O2S/c1-12(16-7-8-17-21(2,19)20)13-3-5-14(6-4-13)18-10-9-15-11-18/h3-6,9-12,16-17H,7-8H2,1-2H3. The molecule has 0 aliphatic carbocycles. The zero-order valence-corrected chi connectivity index (χ0v) is 13.0. The second kappa shape index (κ2) is 6.84. The summed E-state index contributed by atoms with van der Waals surface area (Å²) in [6.45, 7) is 3.01. The lowest BCUT2D eigenvalue weighted by molar-refractivity contribution is 0.556. The average molecular weight is 308 g/mol. The van der Waals surface area contributed by atoms with Crippen molar-refractivity contribution in [3.05, 3.63) is 48.5 Å². The molecule has 0 aliphatic rings. The molecule has 21 heavy (non-hydrogen) atoms. The monoisotopic (exact) mass is 308 g/mol. The zero-order valence-electron chi connectivity index (χ0n) is 12.2. The smallest absolute Gasteiger partial charge is 0.208 e. The first-order chi connectivity index (χ1) is 9.96. The number of nitrogens with one attached hydrogen (secondary N) is 2. The predicted molar refractivity (Wildman–Crippen MR) is 82.8 cm³/mol. The van der Waals surface area contributed by atoms with Gasteiger partial charge in [0.2, 0.25) is 10.0 Å². The minimum Gasteiger partial charge on any atom is -0.309 e. The lowest BCUT2D eigenvalue weighted by Gasteiger charge is -2.15. The van der Waals surface area contributed by atoms with Gasteiger partial charge in [0.25, 0.3) is 0 Å². The van der Waals surface area contributed by atoms with Gasteiger partial charge in [-0.05, 0) is 24.6 Å². The Balaban J connectivity index is 1.87. The normalized spacial score (nSPS) is 13.2. The van der Waals surface area contributed by atoms with Gasteiger partial charge < -0.3 is 9.88 Å². The zero-order chi connectivity index (χ0) is 15.3. The molecule has 7 heteroatoms. The fourth-order valence-electron chi connectivity index (χ4n) is 1.99. The van der Waals surface area contributed by atoms with Crippen LogP contribution in [-0.4, -0.2) is 37.3 Å². The molecule has 1 aromatic heterocycles. The van der Waals surface area contributed by atoms with Crippen LogP contribution in [0.1, 0.15) is 18.5 Å². The number of hydrogen-bond donors (Lipinski definition) is 2. The van der Waals surface area contributed by atoms with Gasteiger partial charge in [-0.15, -0.1) is 0 Å². The molecular formula is C14H20N4O2S. The van der Waals surface area contributed by atoms with E-state index in [1.165, 1.54) is 0 Å². The van der Waals surface area contributed by atoms with E-state index >= 15 is 0 Å². The molecule has 1 heterocycles. The quantitative estimate of drug-likeness (QED) is 0.750. The molecule has 0 radical (unpaired) electrons. The average Bonchev–Trinajstić information content (AvgIpc) is 2.96. The SMILES string of the molecule is CC(NCCNS(C)(=O)=O)c1ccc(-n2ccnc2)cc1. The third kappa shape index (κ3) is 4.96. The molecule has 1 atom stereocenters. The first-order valence-electron chi connectivity index (χ1n) is 6.72. The van der Waals surface area contributed by atoms with Crippen molar-refractivity contribution in [2.45, 2.75) is 13.0 Å². The van der Waals surface area contributed by atoms with E-state index in [2.05, 4.69) is 27.2 Å². The first kappa shape index (κ1) is 15.7. The van der Waals surface area contributed by atoms with Crippen LogP contribution in [0.4, 0.5) is 0 Å². The summed E-state index contributed by atoms with van der Waals surface area (Å²) in [5.41, 5.74) is 2.21. The van der Waals surface area contributed by atoms with E-state index in [0.717, 1.165) is 17.5 Å². The molecule has 1 unspecified atom stereocenters. The summed E-state index contributed by atoms with van der Waals surface area (Å²) in [6, 6.07) is 8.32. The molecule has 2 N–H and O–H groups in total. The van der Waals surface area contributed by atoms with E-state index in [-0.39, 0.29) is 6.04 Å². The van der Waals surface area contributed by atoms with Crippen LogP contribution in [0.3, 0.4) is 0 Å². The van der Waals surface area contributed by atoms with Gasteiger partial charge in [-0.3, -0.25) is 0 Å². The minimum atomic E-state index is -3.12. The Hall–Kier alpha value is -1.70. The van der Waals surface area contributed by atoms with E-state index in [0.29, 0.717) is 13.1 Å². The topological polar surface area (TPSA) is 76.0 Å². The summed E-state index contributed by atoms with van der Waals surface area (Å²) in [5, 5.41) is 3.28. The molecular weight excluding hydrogens is 288 g/mol. The second-order valence-corrected chi connectivity index (χ2v) is 6.74. The number of nitrogens with zero attached hydrogens (tertiary/aromatic N) is 2. The van der Waals surface area contributed by atoms with Gasteiger partial charge in [-0.2, -0.15) is 0 Å². The largest absolute Gasteiger partial charge is 0.309 e. The maximum absolute atomic E-state index is 10.9. The van der Waals surface area contributed by atoms with E-state index in [4.69, 9.17) is 0 Å². The van der Waals surface area contributed by atoms with Gasteiger partial charge in [0.15, 0.2) is 0 Å². The fourth-order valence-corrected chi connectivity index (χ4v) is 2.46. The lowest BCUT2D eigenvalue weighted by Crippen LogP contribution is -2.32. The summed E-state index contributed by atoms with van der Waals surface area (Å²) in [4.78, 5) is 4.02. The Labute approximate surface area is 125 Å². The maximum Gasteiger partial charge on any atom is 0.208 e. The second-order valence-electron chi connectivity index (χ2n) is 4.90. The molecule has 114 valence electrons. The van der Waals surface area contributed by atoms with Crippen molar-refractivity contribution in [2.75, 3.05) is 19.3 Å². The summed E-state index contributed by atoms with van der Waals surface area (Å²) in [6.07, 6.45) is 6.55. The van der Waals surface area contributed by atoms with E-state index in [1.54, 1.807) is 12.5 Å². The van der Waals surface area contributed by atoms with Crippen LogP contribution in [-0.2, 0) is 10.0 Å². The molecule has 0 amide bonds. The highest BCUT2D eigenvalue weighted by Gasteiger charge is 2.06. The third-order valence-corrected chi connectivity index (χ3v) is 3.86. The molecule has 1 aromatic carbocycles. The van der Waals surface area contributed by atoms with Crippen LogP contribution in [0.15, 0.2) is 43.0 Å². The Morgan fingerprint density at radius 2 is 1.95 bits per heavy atom. The third-order valence-electron chi connectivity index (χ3n) is 3.14. The van der Waals surface area contributed by atoms with Gasteiger partial charge in [-0.25, -0.2) is 18.1 Å². The van der Waals surface area contributed by atoms with Crippen molar-refractivity contribution in [1.82, 2.24) is 19.6 Å². The van der Waals surface area contributed by atoms with Crippen molar-refractivity contribution in [3.8, 4) is 5.69 Å². The highest BCUT2D eigenvalue weighted by Crippen LogP contribution is 2.15. The van der Waals surface area contributed by atoms with Crippen molar-refractivity contribution < 1.29 is 8.42 Å². The van der Waals surface area contributed by atoms with Gasteiger partial charge in [-0.1, -0.05) is 12.1 Å². The predicted octanol–water partition coefficient (Wildman–Crippen LogP) is 1.07. The minimum absolute atomic E-state index is 0.156. The van der Waals surface area contributed by atoms with Crippen molar-refractivity contribution >= 4 is 10.0 Å². The first-order valence-corrected chi connectivity index (χ1v) is 8.61. The Bertz CT molecular complexity index is 651. The molecule has 0 spiro atoms. The molecule has 2 aromatic rings. The maximum atomic E-state index is 10.9. The van der Waals surface area contributed by atoms with Crippen molar-refractivity contribution in [3.63, 3.8) is 0 Å². The van der Waals surface area contributed by atoms with Crippen LogP contribution in [0.2, 0.25) is 0 Å². The van der Waals surface area contributed by atoms with Gasteiger partial charge in [0, 0.05) is 37.2 Å². The highest BCUT2D eigenvalue weighted by atomic mass is 32.2. The van der Waals surface area contributed by atoms with Crippen LogP contribution in [0.25, 0.3) is 5.69 Å². The Kier molecular flexibility index (Phi) is 5.11. The molecule has 0 saturated carbocycles. The van der Waals surface area contributed by atoms with Crippen LogP contribution >= 0.6 is 0 Å². The Morgan fingerprint density at radius 3 is 2.52 bits per heavy atom. The summed E-state index contributed by atoms with van der Waals surface area (Å²) in [5.74, 6) is 0. The molecule has 2 rings (SSSR count). The number of imidazole rings is 1. The van der Waals surface area contributed by atoms with Gasteiger partial charge in [0.1, 0.15) is 0 Å². The summed E-state index contributed by atoms with van der Waals surface area (Å²) in [7, 11) is -3.12. The number of hydrogen-bond acceptors (Lipinski definition) is 4. The van der Waals surface area contributed by atoms with Crippen molar-refractivity contribution in [2.24, 2.45) is 0 Å². The van der Waals surface area contributed by atoms with E-state index in [1.807, 2.05) is 29.8 Å². The van der Waals surface area contributed by atoms with Gasteiger partial charge in [0.05, 0.1) is 12.6 Å². The van der Waals surface area contributed by atoms with E-state index < -0.39 is 10.0 Å². The van der Waals surface area contributed by atoms with Crippen LogP contribution in [0, 0.1) is 0 Å². The van der Waals surface area contributed by atoms with Crippen molar-refractivity contribution in [1.29, 1.82) is 0 Å². The van der Waals surface area contributed by atoms with E-state index in [9.17, 15) is 8.42 Å². The Morgan fingerprint density at radius 1 is 1.24 bits per heavy atom. The number of benzene rings is 1. The molecule has 0 bridgehead atoms. The fraction of sp³-hybridized carbons (Fsp3) is 0.357. The number of sulfonamides is 1. The molecule has 0 fully saturated rings. The molecule has 6 nitrogen and oxygen atoms in total. The number of rotatable bonds is 7. The summed E-state index contributed by atoms with van der Waals surface area (Å²) >= 11 is 0. The van der Waals surface area contributed by atoms with Crippen LogP contribution < -0.4 is 10.0 Å².